The Morgan fingerprint density at radius 1 is 0.971 bits per heavy atom. The van der Waals surface area contributed by atoms with Crippen LogP contribution in [0.4, 0.5) is 4.39 Å². The van der Waals surface area contributed by atoms with Crippen LogP contribution < -0.4 is 10.9 Å². The zero-order chi connectivity index (χ0) is 23.7. The fourth-order valence-corrected chi connectivity index (χ4v) is 3.85. The Balaban J connectivity index is 1.43. The zero-order valence-electron chi connectivity index (χ0n) is 18.2. The Morgan fingerprint density at radius 2 is 1.71 bits per heavy atom. The van der Waals surface area contributed by atoms with E-state index in [1.165, 1.54) is 23.0 Å². The van der Waals surface area contributed by atoms with Gasteiger partial charge in [-0.2, -0.15) is 0 Å². The molecule has 0 spiro atoms. The van der Waals surface area contributed by atoms with Gasteiger partial charge in [-0.15, -0.1) is 0 Å². The number of fused-ring (bicyclic) bond motifs is 1. The van der Waals surface area contributed by atoms with Gasteiger partial charge in [0, 0.05) is 25.0 Å². The van der Waals surface area contributed by atoms with Crippen molar-refractivity contribution in [2.75, 3.05) is 0 Å². The minimum atomic E-state index is -0.569. The highest BCUT2D eigenvalue weighted by Gasteiger charge is 2.21. The average molecular weight is 453 g/mol. The summed E-state index contributed by atoms with van der Waals surface area (Å²) in [6, 6.07) is 19.2. The van der Waals surface area contributed by atoms with Crippen LogP contribution in [0, 0.1) is 5.82 Å². The summed E-state index contributed by atoms with van der Waals surface area (Å²) < 4.78 is 16.7. The van der Waals surface area contributed by atoms with Gasteiger partial charge in [-0.05, 0) is 54.1 Å². The van der Waals surface area contributed by atoms with Crippen molar-refractivity contribution in [1.82, 2.24) is 24.4 Å². The van der Waals surface area contributed by atoms with Gasteiger partial charge in [-0.25, -0.2) is 14.4 Å². The van der Waals surface area contributed by atoms with Crippen molar-refractivity contribution in [3.8, 4) is 5.69 Å². The number of aromatic nitrogens is 4. The number of benzene rings is 3. The highest BCUT2D eigenvalue weighted by atomic mass is 19.1. The average Bonchev–Trinajstić information content (AvgIpc) is 3.29. The number of halogens is 1. The molecule has 5 rings (SSSR count). The number of nitrogens with zero attached hydrogens (tertiary/aromatic N) is 4. The molecule has 2 heterocycles. The minimum Gasteiger partial charge on any atom is -0.338 e. The normalized spacial score (nSPS) is 11.9. The number of amides is 1. The number of nitrogens with one attached hydrogen (secondary N) is 1. The molecule has 0 fully saturated rings. The van der Waals surface area contributed by atoms with Crippen LogP contribution in [0.3, 0.4) is 0 Å². The third kappa shape index (κ3) is 3.97. The molecule has 0 bridgehead atoms. The summed E-state index contributed by atoms with van der Waals surface area (Å²) >= 11 is 0. The Kier molecular flexibility index (Phi) is 5.47. The van der Waals surface area contributed by atoms with Gasteiger partial charge in [0.25, 0.3) is 11.5 Å². The van der Waals surface area contributed by atoms with Crippen molar-refractivity contribution in [3.63, 3.8) is 0 Å². The monoisotopic (exact) mass is 453 g/mol. The Hall–Kier alpha value is -4.59. The molecule has 2 aromatic heterocycles. The third-order valence-corrected chi connectivity index (χ3v) is 5.67. The Morgan fingerprint density at radius 3 is 2.41 bits per heavy atom. The van der Waals surface area contributed by atoms with Gasteiger partial charge in [0.1, 0.15) is 24.0 Å². The van der Waals surface area contributed by atoms with E-state index in [1.54, 1.807) is 71.6 Å². The maximum atomic E-state index is 13.5. The smallest absolute Gasteiger partial charge is 0.265 e. The molecule has 168 valence electrons. The molecule has 1 unspecified atom stereocenters. The second kappa shape index (κ2) is 8.74. The molecule has 0 radical (unpaired) electrons. The van der Waals surface area contributed by atoms with Crippen LogP contribution in [-0.2, 0) is 7.05 Å². The molecule has 0 saturated heterocycles. The first kappa shape index (κ1) is 21.3. The van der Waals surface area contributed by atoms with Crippen molar-refractivity contribution in [1.29, 1.82) is 0 Å². The lowest BCUT2D eigenvalue weighted by atomic mass is 10.0. The number of para-hydroxylation sites is 1. The summed E-state index contributed by atoms with van der Waals surface area (Å²) in [6.45, 7) is 0. The lowest BCUT2D eigenvalue weighted by Gasteiger charge is -2.19. The highest BCUT2D eigenvalue weighted by molar-refractivity contribution is 5.94. The SMILES string of the molecule is Cn1ccnc1C(NC(=O)c1ccc(-n2cnc3ccccc3c2=O)cc1)c1ccc(F)cc1. The molecule has 0 aliphatic heterocycles. The van der Waals surface area contributed by atoms with E-state index in [0.717, 1.165) is 0 Å². The summed E-state index contributed by atoms with van der Waals surface area (Å²) in [7, 11) is 1.83. The first-order chi connectivity index (χ1) is 16.5. The molecule has 34 heavy (non-hydrogen) atoms. The van der Waals surface area contributed by atoms with Gasteiger partial charge in [-0.3, -0.25) is 14.2 Å². The molecule has 0 aliphatic carbocycles. The van der Waals surface area contributed by atoms with E-state index in [0.29, 0.717) is 33.5 Å². The zero-order valence-corrected chi connectivity index (χ0v) is 18.2. The lowest BCUT2D eigenvalue weighted by molar-refractivity contribution is 0.0941. The van der Waals surface area contributed by atoms with Crippen LogP contribution in [0.5, 0.6) is 0 Å². The van der Waals surface area contributed by atoms with Crippen LogP contribution in [0.1, 0.15) is 27.8 Å². The van der Waals surface area contributed by atoms with Gasteiger partial charge >= 0.3 is 0 Å². The van der Waals surface area contributed by atoms with Crippen LogP contribution >= 0.6 is 0 Å². The van der Waals surface area contributed by atoms with Crippen LogP contribution in [-0.4, -0.2) is 25.0 Å². The van der Waals surface area contributed by atoms with E-state index in [4.69, 9.17) is 0 Å². The first-order valence-corrected chi connectivity index (χ1v) is 10.6. The molecular weight excluding hydrogens is 433 g/mol. The topological polar surface area (TPSA) is 81.8 Å². The fourth-order valence-electron chi connectivity index (χ4n) is 3.85. The second-order valence-corrected chi connectivity index (χ2v) is 7.84. The van der Waals surface area contributed by atoms with Gasteiger partial charge in [0.05, 0.1) is 16.6 Å². The molecule has 0 aliphatic rings. The van der Waals surface area contributed by atoms with E-state index in [1.807, 2.05) is 13.1 Å². The molecule has 8 heteroatoms. The van der Waals surface area contributed by atoms with Crippen molar-refractivity contribution >= 4 is 16.8 Å². The molecule has 7 nitrogen and oxygen atoms in total. The number of aryl methyl sites for hydroxylation is 1. The van der Waals surface area contributed by atoms with E-state index in [-0.39, 0.29) is 17.3 Å². The summed E-state index contributed by atoms with van der Waals surface area (Å²) in [5.41, 5.74) is 2.15. The highest BCUT2D eigenvalue weighted by Crippen LogP contribution is 2.22. The molecule has 1 atom stereocenters. The quantitative estimate of drug-likeness (QED) is 0.439. The fraction of sp³-hybridized carbons (Fsp3) is 0.0769. The predicted octanol–water partition coefficient (Wildman–Crippen LogP) is 3.78. The Labute approximate surface area is 194 Å². The lowest BCUT2D eigenvalue weighted by Crippen LogP contribution is -2.31. The largest absolute Gasteiger partial charge is 0.338 e. The molecule has 0 saturated carbocycles. The predicted molar refractivity (Wildman–Crippen MR) is 126 cm³/mol. The molecule has 3 aromatic carbocycles. The second-order valence-electron chi connectivity index (χ2n) is 7.84. The standard InChI is InChI=1S/C26H20FN5O2/c1-31-15-14-28-24(31)23(17-6-10-19(27)11-7-17)30-25(33)18-8-12-20(13-9-18)32-16-29-22-5-3-2-4-21(22)26(32)34/h2-16,23H,1H3,(H,30,33). The van der Waals surface area contributed by atoms with Crippen molar-refractivity contribution < 1.29 is 9.18 Å². The first-order valence-electron chi connectivity index (χ1n) is 10.6. The van der Waals surface area contributed by atoms with E-state index < -0.39 is 6.04 Å². The van der Waals surface area contributed by atoms with Crippen LogP contribution in [0.2, 0.25) is 0 Å². The number of hydrogen-bond acceptors (Lipinski definition) is 4. The number of hydrogen-bond donors (Lipinski definition) is 1. The summed E-state index contributed by atoms with van der Waals surface area (Å²) in [4.78, 5) is 34.6. The number of imidazole rings is 1. The number of carbonyl (C=O) groups excluding carboxylic acids is 1. The summed E-state index contributed by atoms with van der Waals surface area (Å²) in [5, 5.41) is 3.50. The minimum absolute atomic E-state index is 0.186. The van der Waals surface area contributed by atoms with Gasteiger partial charge < -0.3 is 9.88 Å². The van der Waals surface area contributed by atoms with Crippen LogP contribution in [0.25, 0.3) is 16.6 Å². The molecule has 5 aromatic rings. The third-order valence-electron chi connectivity index (χ3n) is 5.67. The Bertz CT molecular complexity index is 1540. The van der Waals surface area contributed by atoms with E-state index in [2.05, 4.69) is 15.3 Å². The van der Waals surface area contributed by atoms with Crippen molar-refractivity contribution in [2.24, 2.45) is 7.05 Å². The summed E-state index contributed by atoms with van der Waals surface area (Å²) in [6.07, 6.45) is 4.90. The maximum absolute atomic E-state index is 13.5. The summed E-state index contributed by atoms with van der Waals surface area (Å²) in [5.74, 6) is -0.0686. The van der Waals surface area contributed by atoms with E-state index >= 15 is 0 Å². The van der Waals surface area contributed by atoms with Crippen molar-refractivity contribution in [3.05, 3.63) is 125 Å². The number of carbonyl (C=O) groups is 1. The van der Waals surface area contributed by atoms with Crippen molar-refractivity contribution in [2.45, 2.75) is 6.04 Å². The van der Waals surface area contributed by atoms with E-state index in [9.17, 15) is 14.0 Å². The molecule has 1 amide bonds. The van der Waals surface area contributed by atoms with Crippen LogP contribution in [0.15, 0.2) is 96.3 Å². The number of rotatable bonds is 5. The molecular formula is C26H20FN5O2. The maximum Gasteiger partial charge on any atom is 0.265 e. The van der Waals surface area contributed by atoms with Gasteiger partial charge in [-0.1, -0.05) is 24.3 Å². The molecule has 1 N–H and O–H groups in total. The van der Waals surface area contributed by atoms with Gasteiger partial charge in [0.2, 0.25) is 0 Å². The van der Waals surface area contributed by atoms with Gasteiger partial charge in [0.15, 0.2) is 0 Å².